The highest BCUT2D eigenvalue weighted by Crippen LogP contribution is 2.35. The molecule has 60 heavy (non-hydrogen) atoms. The Morgan fingerprint density at radius 1 is 0.467 bits per heavy atom. The largest absolute Gasteiger partial charge is 0.496 e. The van der Waals surface area contributed by atoms with Gasteiger partial charge in [-0.25, -0.2) is 16.8 Å². The summed E-state index contributed by atoms with van der Waals surface area (Å²) in [5.41, 5.74) is 8.70. The van der Waals surface area contributed by atoms with Gasteiger partial charge in [0.15, 0.2) is 0 Å². The lowest BCUT2D eigenvalue weighted by Gasteiger charge is -2.29. The molecule has 0 unspecified atom stereocenters. The molecule has 0 saturated heterocycles. The van der Waals surface area contributed by atoms with Crippen molar-refractivity contribution in [3.05, 3.63) is 202 Å². The van der Waals surface area contributed by atoms with E-state index < -0.39 is 20.0 Å². The predicted molar refractivity (Wildman–Crippen MR) is 240 cm³/mol. The predicted octanol–water partition coefficient (Wildman–Crippen LogP) is 9.36. The second-order valence-electron chi connectivity index (χ2n) is 15.1. The fraction of sp³-hybridized carbons (Fsp3) is 0.200. The van der Waals surface area contributed by atoms with Gasteiger partial charge in [0.2, 0.25) is 20.0 Å². The fourth-order valence-electron chi connectivity index (χ4n) is 7.43. The van der Waals surface area contributed by atoms with Gasteiger partial charge in [-0.15, -0.1) is 0 Å². The molecule has 0 saturated carbocycles. The Bertz CT molecular complexity index is 2520. The molecular formula is C50H50N2O6S2. The van der Waals surface area contributed by atoms with E-state index >= 15 is 0 Å². The summed E-state index contributed by atoms with van der Waals surface area (Å²) in [4.78, 5) is 0.325. The average molecular weight is 839 g/mol. The third-order valence-corrected chi connectivity index (χ3v) is 14.5. The molecule has 0 radical (unpaired) electrons. The number of benzene rings is 6. The van der Waals surface area contributed by atoms with Gasteiger partial charge in [-0.1, -0.05) is 120 Å². The molecule has 1 aliphatic rings. The molecular weight excluding hydrogens is 789 g/mol. The maximum absolute atomic E-state index is 14.8. The van der Waals surface area contributed by atoms with Crippen LogP contribution < -0.4 is 9.47 Å². The molecule has 10 heteroatoms. The van der Waals surface area contributed by atoms with E-state index in [0.717, 1.165) is 33.4 Å². The van der Waals surface area contributed by atoms with Crippen LogP contribution in [0.4, 0.5) is 0 Å². The van der Waals surface area contributed by atoms with Gasteiger partial charge in [-0.2, -0.15) is 8.61 Å². The molecule has 8 nitrogen and oxygen atoms in total. The van der Waals surface area contributed by atoms with Crippen LogP contribution >= 0.6 is 0 Å². The normalized spacial score (nSPS) is 16.3. The van der Waals surface area contributed by atoms with Crippen molar-refractivity contribution in [2.24, 2.45) is 0 Å². The Labute approximate surface area is 355 Å². The summed E-state index contributed by atoms with van der Waals surface area (Å²) >= 11 is 0. The molecule has 6 aromatic carbocycles. The third kappa shape index (κ3) is 9.80. The van der Waals surface area contributed by atoms with Gasteiger partial charge < -0.3 is 9.47 Å². The van der Waals surface area contributed by atoms with Crippen molar-refractivity contribution in [2.75, 3.05) is 40.4 Å². The van der Waals surface area contributed by atoms with Gasteiger partial charge in [0, 0.05) is 37.3 Å². The number of sulfonamides is 2. The van der Waals surface area contributed by atoms with E-state index in [2.05, 4.69) is 24.3 Å². The summed E-state index contributed by atoms with van der Waals surface area (Å²) in [5.74, 6) is 1.10. The molecule has 0 atom stereocenters. The molecule has 1 heterocycles. The molecule has 0 bridgehead atoms. The Kier molecular flexibility index (Phi) is 13.2. The van der Waals surface area contributed by atoms with Crippen molar-refractivity contribution in [3.8, 4) is 11.5 Å². The highest BCUT2D eigenvalue weighted by Gasteiger charge is 2.31. The lowest BCUT2D eigenvalue weighted by atomic mass is 9.96. The van der Waals surface area contributed by atoms with Crippen molar-refractivity contribution in [3.63, 3.8) is 0 Å². The Morgan fingerprint density at radius 2 is 0.833 bits per heavy atom. The highest BCUT2D eigenvalue weighted by atomic mass is 32.2. The van der Waals surface area contributed by atoms with E-state index in [9.17, 15) is 16.8 Å². The first kappa shape index (κ1) is 42.3. The quantitative estimate of drug-likeness (QED) is 0.122. The molecule has 0 amide bonds. The van der Waals surface area contributed by atoms with Crippen molar-refractivity contribution >= 4 is 31.2 Å². The third-order valence-electron chi connectivity index (χ3n) is 10.8. The maximum atomic E-state index is 14.8. The number of aryl methyl sites for hydroxylation is 2. The molecule has 1 aliphatic heterocycles. The van der Waals surface area contributed by atoms with E-state index in [4.69, 9.17) is 9.47 Å². The molecule has 0 N–H and O–H groups in total. The van der Waals surface area contributed by atoms with Gasteiger partial charge in [-0.3, -0.25) is 0 Å². The van der Waals surface area contributed by atoms with Crippen molar-refractivity contribution < 1.29 is 26.3 Å². The van der Waals surface area contributed by atoms with Crippen LogP contribution in [0.5, 0.6) is 11.5 Å². The van der Waals surface area contributed by atoms with E-state index in [1.54, 1.807) is 62.8 Å². The lowest BCUT2D eigenvalue weighted by molar-refractivity contribution is 0.411. The molecule has 0 fully saturated rings. The zero-order valence-corrected chi connectivity index (χ0v) is 36.0. The van der Waals surface area contributed by atoms with Crippen LogP contribution in [-0.2, 0) is 32.9 Å². The molecule has 6 aromatic rings. The molecule has 308 valence electrons. The van der Waals surface area contributed by atoms with Crippen LogP contribution in [0.1, 0.15) is 44.5 Å². The number of hydrogen-bond donors (Lipinski definition) is 0. The minimum absolute atomic E-state index is 0.0562. The smallest absolute Gasteiger partial charge is 0.243 e. The summed E-state index contributed by atoms with van der Waals surface area (Å²) in [7, 11) is -5.00. The Balaban J connectivity index is 1.40. The monoisotopic (exact) mass is 838 g/mol. The molecule has 0 spiro atoms. The summed E-state index contributed by atoms with van der Waals surface area (Å²) in [6.07, 6.45) is 4.95. The summed E-state index contributed by atoms with van der Waals surface area (Å²) < 4.78 is 73.8. The standard InChI is InChI=1S/C50H50N2O6S2/c1-37-15-21-45(22-16-37)59(53,54)51-29-27-44(48-34-42(20-26-50(48)58-4)32-40-13-9-6-10-14-40)36-52(60(55,56)46-23-17-38(2)18-24-46)30-28-43(35-51)47-33-41(19-25-49(47)57-3)31-39-11-7-5-8-12-39/h5-28,33-34H,29-32,35-36H2,1-4H3/b43-28+,44-27+. The summed E-state index contributed by atoms with van der Waals surface area (Å²) in [5, 5.41) is 0. The maximum Gasteiger partial charge on any atom is 0.243 e. The van der Waals surface area contributed by atoms with Crippen molar-refractivity contribution in [1.29, 1.82) is 0 Å². The zero-order valence-electron chi connectivity index (χ0n) is 34.4. The van der Waals surface area contributed by atoms with Gasteiger partial charge in [-0.05, 0) is 109 Å². The Hall–Kier alpha value is -5.78. The first-order valence-electron chi connectivity index (χ1n) is 19.9. The van der Waals surface area contributed by atoms with Crippen LogP contribution in [0.25, 0.3) is 11.1 Å². The van der Waals surface area contributed by atoms with E-state index in [1.165, 1.54) is 8.61 Å². The van der Waals surface area contributed by atoms with Crippen LogP contribution in [0.2, 0.25) is 0 Å². The lowest BCUT2D eigenvalue weighted by Crippen LogP contribution is -2.36. The van der Waals surface area contributed by atoms with Gasteiger partial charge in [0.1, 0.15) is 11.5 Å². The van der Waals surface area contributed by atoms with Crippen LogP contribution in [0.3, 0.4) is 0 Å². The van der Waals surface area contributed by atoms with Gasteiger partial charge in [0.25, 0.3) is 0 Å². The second kappa shape index (κ2) is 18.6. The second-order valence-corrected chi connectivity index (χ2v) is 18.9. The highest BCUT2D eigenvalue weighted by molar-refractivity contribution is 7.89. The number of nitrogens with zero attached hydrogens (tertiary/aromatic N) is 2. The van der Waals surface area contributed by atoms with Gasteiger partial charge >= 0.3 is 0 Å². The van der Waals surface area contributed by atoms with Crippen LogP contribution in [-0.4, -0.2) is 65.8 Å². The number of ether oxygens (including phenoxy) is 2. The zero-order chi connectivity index (χ0) is 42.3. The minimum atomic E-state index is -4.08. The number of hydrogen-bond acceptors (Lipinski definition) is 6. The first-order chi connectivity index (χ1) is 28.9. The van der Waals surface area contributed by atoms with E-state index in [0.29, 0.717) is 46.6 Å². The average Bonchev–Trinajstić information content (AvgIpc) is 3.26. The minimum Gasteiger partial charge on any atom is -0.496 e. The van der Waals surface area contributed by atoms with Crippen molar-refractivity contribution in [2.45, 2.75) is 36.5 Å². The summed E-state index contributed by atoms with van der Waals surface area (Å²) in [6, 6.07) is 45.7. The number of methoxy groups -OCH3 is 2. The van der Waals surface area contributed by atoms with E-state index in [-0.39, 0.29) is 36.0 Å². The number of rotatable bonds is 12. The van der Waals surface area contributed by atoms with E-state index in [1.807, 2.05) is 98.8 Å². The topological polar surface area (TPSA) is 93.2 Å². The van der Waals surface area contributed by atoms with Crippen LogP contribution in [0, 0.1) is 13.8 Å². The molecule has 7 rings (SSSR count). The van der Waals surface area contributed by atoms with Gasteiger partial charge in [0.05, 0.1) is 24.0 Å². The van der Waals surface area contributed by atoms with Crippen LogP contribution in [0.15, 0.2) is 168 Å². The SMILES string of the molecule is COc1ccc(Cc2ccccc2)cc1/C1=C/CN(S(=O)(=O)c2ccc(C)cc2)C/C(c2cc(Cc3ccccc3)ccc2OC)=C\CN(S(=O)(=O)c2ccc(C)cc2)C1. The van der Waals surface area contributed by atoms with Crippen molar-refractivity contribution in [1.82, 2.24) is 8.61 Å². The molecule has 0 aromatic heterocycles. The molecule has 0 aliphatic carbocycles. The fourth-order valence-corrected chi connectivity index (χ4v) is 10.1. The summed E-state index contributed by atoms with van der Waals surface area (Å²) in [6.45, 7) is 3.60. The first-order valence-corrected chi connectivity index (χ1v) is 22.8. The Morgan fingerprint density at radius 3 is 1.18 bits per heavy atom.